The molecule has 2 atom stereocenters. The number of ether oxygens (including phenoxy) is 2. The van der Waals surface area contributed by atoms with Gasteiger partial charge in [-0.2, -0.15) is 4.98 Å². The Morgan fingerprint density at radius 3 is 2.23 bits per heavy atom. The fourth-order valence-electron chi connectivity index (χ4n) is 2.70. The topological polar surface area (TPSA) is 134 Å². The van der Waals surface area contributed by atoms with Crippen LogP contribution < -0.4 is 11.4 Å². The maximum absolute atomic E-state index is 12.7. The van der Waals surface area contributed by atoms with Gasteiger partial charge in [-0.15, -0.1) is 0 Å². The van der Waals surface area contributed by atoms with E-state index in [4.69, 9.17) is 15.2 Å². The maximum Gasteiger partial charge on any atom is 0.351 e. The molecule has 1 aromatic heterocycles. The van der Waals surface area contributed by atoms with E-state index in [2.05, 4.69) is 4.98 Å². The third-order valence-electron chi connectivity index (χ3n) is 4.39. The van der Waals surface area contributed by atoms with E-state index in [9.17, 15) is 19.5 Å². The molecule has 3 N–H and O–H groups in total. The summed E-state index contributed by atoms with van der Waals surface area (Å²) in [5, 5.41) is 10.6. The molecule has 0 bridgehead atoms. The Bertz CT molecular complexity index is 1090. The van der Waals surface area contributed by atoms with Crippen molar-refractivity contribution in [3.05, 3.63) is 94.5 Å². The average Bonchev–Trinajstić information content (AvgIpc) is 2.80. The second-order valence-electron chi connectivity index (χ2n) is 6.58. The van der Waals surface area contributed by atoms with Gasteiger partial charge in [0.25, 0.3) is 0 Å². The highest BCUT2D eigenvalue weighted by Crippen LogP contribution is 2.12. The lowest BCUT2D eigenvalue weighted by atomic mass is 10.0. The number of benzene rings is 2. The Hall–Kier alpha value is -3.82. The summed E-state index contributed by atoms with van der Waals surface area (Å²) in [6.45, 7) is -0.747. The molecule has 0 spiro atoms. The molecule has 3 aromatic rings. The number of ketones is 1. The van der Waals surface area contributed by atoms with Crippen molar-refractivity contribution in [3.8, 4) is 0 Å². The molecule has 1 heterocycles. The fourth-order valence-corrected chi connectivity index (χ4v) is 2.70. The summed E-state index contributed by atoms with van der Waals surface area (Å²) in [6.07, 6.45) is -1.50. The third-order valence-corrected chi connectivity index (χ3v) is 4.39. The molecule has 0 amide bonds. The highest BCUT2D eigenvalue weighted by atomic mass is 16.6. The van der Waals surface area contributed by atoms with Crippen LogP contribution in [0.5, 0.6) is 0 Å². The Labute approximate surface area is 177 Å². The number of carbonyl (C=O) groups excluding carboxylic acids is 2. The van der Waals surface area contributed by atoms with Gasteiger partial charge in [-0.1, -0.05) is 48.5 Å². The molecule has 2 unspecified atom stereocenters. The molecule has 0 aliphatic heterocycles. The highest BCUT2D eigenvalue weighted by molar-refractivity contribution is 5.99. The number of nitrogens with zero attached hydrogens (tertiary/aromatic N) is 2. The summed E-state index contributed by atoms with van der Waals surface area (Å²) >= 11 is 0. The minimum atomic E-state index is -1.64. The van der Waals surface area contributed by atoms with Crippen LogP contribution in [0.1, 0.15) is 20.7 Å². The molecule has 9 heteroatoms. The van der Waals surface area contributed by atoms with Crippen LogP contribution in [0.4, 0.5) is 5.82 Å². The second-order valence-corrected chi connectivity index (χ2v) is 6.58. The molecule has 0 radical (unpaired) electrons. The monoisotopic (exact) mass is 423 g/mol. The smallest absolute Gasteiger partial charge is 0.351 e. The van der Waals surface area contributed by atoms with E-state index in [1.54, 1.807) is 60.7 Å². The van der Waals surface area contributed by atoms with Crippen molar-refractivity contribution in [1.29, 1.82) is 0 Å². The molecule has 0 aliphatic carbocycles. The van der Waals surface area contributed by atoms with Crippen molar-refractivity contribution < 1.29 is 24.2 Å². The van der Waals surface area contributed by atoms with Crippen LogP contribution in [0, 0.1) is 0 Å². The predicted molar refractivity (Wildman–Crippen MR) is 111 cm³/mol. The van der Waals surface area contributed by atoms with Crippen LogP contribution in [0.15, 0.2) is 77.7 Å². The molecule has 3 rings (SSSR count). The van der Waals surface area contributed by atoms with Gasteiger partial charge in [-0.25, -0.2) is 9.59 Å². The van der Waals surface area contributed by atoms with Crippen molar-refractivity contribution >= 4 is 17.6 Å². The van der Waals surface area contributed by atoms with Gasteiger partial charge in [0.15, 0.2) is 5.78 Å². The minimum Gasteiger partial charge on any atom is -0.459 e. The first-order valence-electron chi connectivity index (χ1n) is 9.40. The molecule has 0 aliphatic rings. The molecular weight excluding hydrogens is 402 g/mol. The number of rotatable bonds is 9. The van der Waals surface area contributed by atoms with Crippen LogP contribution in [0.25, 0.3) is 0 Å². The van der Waals surface area contributed by atoms with E-state index in [-0.39, 0.29) is 18.1 Å². The SMILES string of the molecule is Nc1ccn(COC(COC(=O)c2ccccc2)C(O)C(=O)c2ccccc2)c(=O)n1. The fraction of sp³-hybridized carbons (Fsp3) is 0.182. The first-order chi connectivity index (χ1) is 15.0. The Kier molecular flexibility index (Phi) is 7.26. The molecule has 0 saturated carbocycles. The summed E-state index contributed by atoms with van der Waals surface area (Å²) in [7, 11) is 0. The van der Waals surface area contributed by atoms with Crippen molar-refractivity contribution in [2.45, 2.75) is 18.9 Å². The zero-order chi connectivity index (χ0) is 22.2. The number of hydrogen-bond donors (Lipinski definition) is 2. The van der Waals surface area contributed by atoms with Crippen LogP contribution in [0.2, 0.25) is 0 Å². The van der Waals surface area contributed by atoms with Gasteiger partial charge in [0.2, 0.25) is 0 Å². The molecule has 0 fully saturated rings. The molecule has 2 aromatic carbocycles. The Morgan fingerprint density at radius 1 is 1.00 bits per heavy atom. The van der Waals surface area contributed by atoms with Gasteiger partial charge in [-0.05, 0) is 18.2 Å². The van der Waals surface area contributed by atoms with E-state index in [1.807, 2.05) is 0 Å². The van der Waals surface area contributed by atoms with Crippen LogP contribution in [0.3, 0.4) is 0 Å². The van der Waals surface area contributed by atoms with Crippen molar-refractivity contribution in [3.63, 3.8) is 0 Å². The Balaban J connectivity index is 1.74. The lowest BCUT2D eigenvalue weighted by Gasteiger charge is -2.23. The first kappa shape index (κ1) is 21.9. The number of nitrogen functional groups attached to an aromatic ring is 1. The number of anilines is 1. The number of Topliss-reactive ketones (excluding diaryl/α,β-unsaturated/α-hetero) is 1. The molecule has 31 heavy (non-hydrogen) atoms. The van der Waals surface area contributed by atoms with E-state index in [1.165, 1.54) is 12.3 Å². The lowest BCUT2D eigenvalue weighted by Crippen LogP contribution is -2.41. The molecule has 0 saturated heterocycles. The number of carbonyl (C=O) groups is 2. The van der Waals surface area contributed by atoms with E-state index < -0.39 is 36.3 Å². The van der Waals surface area contributed by atoms with Crippen molar-refractivity contribution in [2.24, 2.45) is 0 Å². The molecule has 160 valence electrons. The standard InChI is InChI=1S/C22H21N3O6/c23-18-11-12-25(22(29)24-18)14-31-17(13-30-21(28)16-9-5-2-6-10-16)20(27)19(26)15-7-3-1-4-8-15/h1-12,17,20,27H,13-14H2,(H2,23,24,29). The molecular formula is C22H21N3O6. The minimum absolute atomic E-state index is 0.0499. The van der Waals surface area contributed by atoms with Crippen molar-refractivity contribution in [1.82, 2.24) is 9.55 Å². The van der Waals surface area contributed by atoms with Crippen LogP contribution in [-0.4, -0.2) is 45.2 Å². The summed E-state index contributed by atoms with van der Waals surface area (Å²) in [6, 6.07) is 17.8. The van der Waals surface area contributed by atoms with Gasteiger partial charge in [0.05, 0.1) is 5.56 Å². The number of hydrogen-bond acceptors (Lipinski definition) is 8. The van der Waals surface area contributed by atoms with E-state index in [0.29, 0.717) is 5.56 Å². The second kappa shape index (κ2) is 10.3. The number of esters is 1. The third kappa shape index (κ3) is 5.84. The highest BCUT2D eigenvalue weighted by Gasteiger charge is 2.29. The predicted octanol–water partition coefficient (Wildman–Crippen LogP) is 1.27. The van der Waals surface area contributed by atoms with E-state index in [0.717, 1.165) is 4.57 Å². The van der Waals surface area contributed by atoms with Crippen LogP contribution in [-0.2, 0) is 16.2 Å². The first-order valence-corrected chi connectivity index (χ1v) is 9.40. The summed E-state index contributed by atoms with van der Waals surface area (Å²) in [5.74, 6) is -1.20. The normalized spacial score (nSPS) is 12.7. The average molecular weight is 423 g/mol. The zero-order valence-corrected chi connectivity index (χ0v) is 16.5. The number of nitrogens with two attached hydrogens (primary N) is 1. The van der Waals surface area contributed by atoms with Gasteiger partial charge in [0.1, 0.15) is 31.4 Å². The quantitative estimate of drug-likeness (QED) is 0.388. The number of aromatic nitrogens is 2. The van der Waals surface area contributed by atoms with Gasteiger partial charge in [0, 0.05) is 11.8 Å². The number of aliphatic hydroxyl groups excluding tert-OH is 1. The number of aliphatic hydroxyl groups is 1. The zero-order valence-electron chi connectivity index (χ0n) is 16.5. The van der Waals surface area contributed by atoms with Crippen molar-refractivity contribution in [2.75, 3.05) is 12.3 Å². The summed E-state index contributed by atoms with van der Waals surface area (Å²) in [4.78, 5) is 40.4. The van der Waals surface area contributed by atoms with Gasteiger partial charge < -0.3 is 20.3 Å². The Morgan fingerprint density at radius 2 is 1.61 bits per heavy atom. The lowest BCUT2D eigenvalue weighted by molar-refractivity contribution is -0.0808. The van der Waals surface area contributed by atoms with E-state index >= 15 is 0 Å². The summed E-state index contributed by atoms with van der Waals surface area (Å²) in [5.41, 5.74) is 5.38. The van der Waals surface area contributed by atoms with Gasteiger partial charge >= 0.3 is 11.7 Å². The van der Waals surface area contributed by atoms with Crippen LogP contribution >= 0.6 is 0 Å². The van der Waals surface area contributed by atoms with Gasteiger partial charge in [-0.3, -0.25) is 9.36 Å². The summed E-state index contributed by atoms with van der Waals surface area (Å²) < 4.78 is 11.9. The molecule has 9 nitrogen and oxygen atoms in total. The maximum atomic E-state index is 12.7. The largest absolute Gasteiger partial charge is 0.459 e.